The molecule has 0 fully saturated rings. The summed E-state index contributed by atoms with van der Waals surface area (Å²) in [5.41, 5.74) is 0.559. The minimum Gasteiger partial charge on any atom is -0.454 e. The average molecular weight is 486 g/mol. The maximum Gasteiger partial charge on any atom is 0.254 e. The smallest absolute Gasteiger partial charge is 0.254 e. The molecule has 1 aliphatic rings. The van der Waals surface area contributed by atoms with Crippen molar-refractivity contribution in [3.05, 3.63) is 59.7 Å². The molecule has 4 rings (SSSR count). The van der Waals surface area contributed by atoms with Gasteiger partial charge in [0, 0.05) is 18.3 Å². The van der Waals surface area contributed by atoms with Gasteiger partial charge in [0.15, 0.2) is 22.5 Å². The zero-order valence-electron chi connectivity index (χ0n) is 18.9. The lowest BCUT2D eigenvalue weighted by atomic mass is 10.2. The van der Waals surface area contributed by atoms with Crippen LogP contribution in [0.15, 0.2) is 47.6 Å². The lowest BCUT2D eigenvalue weighted by Gasteiger charge is -2.16. The van der Waals surface area contributed by atoms with Crippen molar-refractivity contribution in [2.24, 2.45) is 0 Å². The van der Waals surface area contributed by atoms with Crippen molar-refractivity contribution >= 4 is 29.3 Å². The Labute approximate surface area is 200 Å². The van der Waals surface area contributed by atoms with E-state index in [1.807, 2.05) is 11.5 Å². The molecule has 0 saturated heterocycles. The van der Waals surface area contributed by atoms with Gasteiger partial charge in [0.2, 0.25) is 12.7 Å². The van der Waals surface area contributed by atoms with Crippen LogP contribution in [0.4, 0.5) is 10.1 Å². The molecule has 34 heavy (non-hydrogen) atoms. The molecule has 2 atom stereocenters. The molecule has 11 heteroatoms. The molecule has 0 unspecified atom stereocenters. The highest BCUT2D eigenvalue weighted by Gasteiger charge is 2.24. The van der Waals surface area contributed by atoms with Gasteiger partial charge in [0.05, 0.1) is 16.9 Å². The van der Waals surface area contributed by atoms with E-state index < -0.39 is 23.0 Å². The molecule has 178 valence electrons. The topological polar surface area (TPSA) is 107 Å². The number of thioether (sulfide) groups is 1. The summed E-state index contributed by atoms with van der Waals surface area (Å²) in [6, 6.07) is 10.5. The van der Waals surface area contributed by atoms with Crippen LogP contribution in [0.2, 0.25) is 0 Å². The van der Waals surface area contributed by atoms with E-state index in [1.165, 1.54) is 30.0 Å². The van der Waals surface area contributed by atoms with Gasteiger partial charge < -0.3 is 24.7 Å². The van der Waals surface area contributed by atoms with Gasteiger partial charge >= 0.3 is 0 Å². The number of halogens is 1. The zero-order valence-corrected chi connectivity index (χ0v) is 19.7. The lowest BCUT2D eigenvalue weighted by molar-refractivity contribution is -0.115. The summed E-state index contributed by atoms with van der Waals surface area (Å²) in [4.78, 5) is 25.2. The fourth-order valence-electron chi connectivity index (χ4n) is 3.42. The van der Waals surface area contributed by atoms with E-state index in [1.54, 1.807) is 38.1 Å². The number of nitrogens with one attached hydrogen (secondary N) is 2. The number of hydrogen-bond acceptors (Lipinski definition) is 7. The predicted molar refractivity (Wildman–Crippen MR) is 124 cm³/mol. The highest BCUT2D eigenvalue weighted by Crippen LogP contribution is 2.34. The summed E-state index contributed by atoms with van der Waals surface area (Å²) in [6.07, 6.45) is 0. The molecule has 1 aliphatic heterocycles. The second kappa shape index (κ2) is 10.1. The summed E-state index contributed by atoms with van der Waals surface area (Å²) in [5.74, 6) is 0.389. The highest BCUT2D eigenvalue weighted by molar-refractivity contribution is 8.00. The molecule has 2 heterocycles. The first-order valence-corrected chi connectivity index (χ1v) is 11.6. The molecule has 1 aromatic heterocycles. The number of amides is 2. The summed E-state index contributed by atoms with van der Waals surface area (Å²) < 4.78 is 26.4. The fraction of sp³-hybridized carbons (Fsp3) is 0.304. The minimum absolute atomic E-state index is 0.0414. The summed E-state index contributed by atoms with van der Waals surface area (Å²) in [5, 5.41) is 14.1. The number of aromatic nitrogens is 3. The molecule has 0 aliphatic carbocycles. The van der Waals surface area contributed by atoms with Gasteiger partial charge in [-0.3, -0.25) is 9.59 Å². The fourth-order valence-corrected chi connectivity index (χ4v) is 4.34. The first-order chi connectivity index (χ1) is 16.4. The van der Waals surface area contributed by atoms with Gasteiger partial charge in [-0.2, -0.15) is 0 Å². The Bertz CT molecular complexity index is 1220. The van der Waals surface area contributed by atoms with Crippen LogP contribution in [-0.4, -0.2) is 38.6 Å². The average Bonchev–Trinajstić information content (AvgIpc) is 3.45. The lowest BCUT2D eigenvalue weighted by Crippen LogP contribution is -2.29. The molecule has 0 bridgehead atoms. The summed E-state index contributed by atoms with van der Waals surface area (Å²) in [6.45, 7) is 6.12. The number of benzene rings is 2. The second-order valence-corrected chi connectivity index (χ2v) is 8.89. The Morgan fingerprint density at radius 3 is 2.68 bits per heavy atom. The standard InChI is InChI=1S/C23H24FN5O4S/c1-4-29-20(13(2)25-22(31)16-7-5-6-8-17(16)24)27-28-23(29)34-14(3)21(30)26-15-9-10-18-19(11-15)33-12-32-18/h5-11,13-14H,4,12H2,1-3H3,(H,25,31)(H,26,30)/t13-,14-/m1/s1. The number of carbonyl (C=O) groups is 2. The maximum absolute atomic E-state index is 13.9. The Hall–Kier alpha value is -3.60. The van der Waals surface area contributed by atoms with Crippen molar-refractivity contribution < 1.29 is 23.5 Å². The predicted octanol–water partition coefficient (Wildman–Crippen LogP) is 3.78. The Balaban J connectivity index is 1.41. The number of anilines is 1. The SMILES string of the molecule is CCn1c(S[C@H](C)C(=O)Nc2ccc3c(c2)OCO3)nnc1[C@@H](C)NC(=O)c1ccccc1F. The number of fused-ring (bicyclic) bond motifs is 1. The molecule has 9 nitrogen and oxygen atoms in total. The van der Waals surface area contributed by atoms with Gasteiger partial charge in [0.25, 0.3) is 5.91 Å². The van der Waals surface area contributed by atoms with Crippen molar-refractivity contribution in [2.75, 3.05) is 12.1 Å². The van der Waals surface area contributed by atoms with E-state index in [0.717, 1.165) is 0 Å². The number of carbonyl (C=O) groups excluding carboxylic acids is 2. The van der Waals surface area contributed by atoms with Crippen LogP contribution in [0, 0.1) is 5.82 Å². The Morgan fingerprint density at radius 1 is 1.15 bits per heavy atom. The summed E-state index contributed by atoms with van der Waals surface area (Å²) in [7, 11) is 0. The largest absolute Gasteiger partial charge is 0.454 e. The molecular formula is C23H24FN5O4S. The third-order valence-electron chi connectivity index (χ3n) is 5.21. The van der Waals surface area contributed by atoms with Crippen LogP contribution in [0.5, 0.6) is 11.5 Å². The second-order valence-electron chi connectivity index (χ2n) is 7.58. The van der Waals surface area contributed by atoms with Crippen LogP contribution >= 0.6 is 11.8 Å². The third kappa shape index (κ3) is 4.98. The Kier molecular flexibility index (Phi) is 7.01. The quantitative estimate of drug-likeness (QED) is 0.468. The van der Waals surface area contributed by atoms with Gasteiger partial charge in [-0.1, -0.05) is 23.9 Å². The van der Waals surface area contributed by atoms with E-state index in [2.05, 4.69) is 20.8 Å². The summed E-state index contributed by atoms with van der Waals surface area (Å²) >= 11 is 1.25. The van der Waals surface area contributed by atoms with Crippen LogP contribution in [-0.2, 0) is 11.3 Å². The van der Waals surface area contributed by atoms with Gasteiger partial charge in [-0.15, -0.1) is 10.2 Å². The number of rotatable bonds is 8. The molecule has 2 aromatic carbocycles. The minimum atomic E-state index is -0.595. The molecule has 2 amide bonds. The van der Waals surface area contributed by atoms with Crippen molar-refractivity contribution in [1.82, 2.24) is 20.1 Å². The van der Waals surface area contributed by atoms with E-state index in [-0.39, 0.29) is 18.3 Å². The Morgan fingerprint density at radius 2 is 1.91 bits per heavy atom. The van der Waals surface area contributed by atoms with Gasteiger partial charge in [-0.25, -0.2) is 4.39 Å². The van der Waals surface area contributed by atoms with Gasteiger partial charge in [0.1, 0.15) is 5.82 Å². The van der Waals surface area contributed by atoms with Crippen molar-refractivity contribution in [3.63, 3.8) is 0 Å². The van der Waals surface area contributed by atoms with Crippen LogP contribution in [0.3, 0.4) is 0 Å². The molecule has 2 N–H and O–H groups in total. The van der Waals surface area contributed by atoms with Crippen molar-refractivity contribution in [1.29, 1.82) is 0 Å². The van der Waals surface area contributed by atoms with Crippen LogP contribution < -0.4 is 20.1 Å². The number of nitrogens with zero attached hydrogens (tertiary/aromatic N) is 3. The highest BCUT2D eigenvalue weighted by atomic mass is 32.2. The van der Waals surface area contributed by atoms with Gasteiger partial charge in [-0.05, 0) is 45.0 Å². The maximum atomic E-state index is 13.9. The molecule has 3 aromatic rings. The van der Waals surface area contributed by atoms with Crippen LogP contribution in [0.25, 0.3) is 0 Å². The molecule has 0 radical (unpaired) electrons. The zero-order chi connectivity index (χ0) is 24.2. The molecule has 0 spiro atoms. The third-order valence-corrected chi connectivity index (χ3v) is 6.29. The monoisotopic (exact) mass is 485 g/mol. The van der Waals surface area contributed by atoms with Crippen molar-refractivity contribution in [2.45, 2.75) is 43.8 Å². The van der Waals surface area contributed by atoms with E-state index in [4.69, 9.17) is 9.47 Å². The van der Waals surface area contributed by atoms with E-state index >= 15 is 0 Å². The van der Waals surface area contributed by atoms with E-state index in [9.17, 15) is 14.0 Å². The molecular weight excluding hydrogens is 461 g/mol. The first-order valence-electron chi connectivity index (χ1n) is 10.7. The van der Waals surface area contributed by atoms with Crippen molar-refractivity contribution in [3.8, 4) is 11.5 Å². The normalized spacial score (nSPS) is 13.9. The number of ether oxygens (including phenoxy) is 2. The van der Waals surface area contributed by atoms with Crippen LogP contribution in [0.1, 0.15) is 43.0 Å². The molecule has 0 saturated carbocycles. The first kappa shape index (κ1) is 23.6. The number of hydrogen-bond donors (Lipinski definition) is 2. The van der Waals surface area contributed by atoms with E-state index in [0.29, 0.717) is 34.7 Å².